The second kappa shape index (κ2) is 3.71. The van der Waals surface area contributed by atoms with Crippen LogP contribution in [0.3, 0.4) is 0 Å². The Labute approximate surface area is 62.6 Å². The molecule has 0 heterocycles. The van der Waals surface area contributed by atoms with Gasteiger partial charge in [-0.15, -0.1) is 0 Å². The number of ether oxygens (including phenoxy) is 1. The summed E-state index contributed by atoms with van der Waals surface area (Å²) in [6.45, 7) is 8.04. The Morgan fingerprint density at radius 3 is 2.30 bits per heavy atom. The molecule has 0 saturated heterocycles. The Hall–Kier alpha value is -0.370. The lowest BCUT2D eigenvalue weighted by Crippen LogP contribution is -2.26. The van der Waals surface area contributed by atoms with E-state index in [1.807, 2.05) is 20.8 Å². The molecule has 0 atom stereocenters. The summed E-state index contributed by atoms with van der Waals surface area (Å²) in [4.78, 5) is 10.7. The molecule has 2 nitrogen and oxygen atoms in total. The normalized spacial score (nSPS) is 11.6. The van der Waals surface area contributed by atoms with E-state index in [9.17, 15) is 4.79 Å². The van der Waals surface area contributed by atoms with E-state index in [-0.39, 0.29) is 11.4 Å². The van der Waals surface area contributed by atoms with Gasteiger partial charge in [-0.1, -0.05) is 0 Å². The van der Waals surface area contributed by atoms with E-state index in [0.29, 0.717) is 13.0 Å². The SMILES string of the molecule is CCOC(C)(C)CC(C)=O. The van der Waals surface area contributed by atoms with Gasteiger partial charge in [-0.3, -0.25) is 4.79 Å². The fourth-order valence-electron chi connectivity index (χ4n) is 1.04. The van der Waals surface area contributed by atoms with Crippen molar-refractivity contribution in [2.75, 3.05) is 6.61 Å². The molecule has 60 valence electrons. The van der Waals surface area contributed by atoms with Crippen LogP contribution in [0.5, 0.6) is 0 Å². The highest BCUT2D eigenvalue weighted by atomic mass is 16.5. The molecule has 0 aromatic heterocycles. The zero-order valence-electron chi connectivity index (χ0n) is 7.23. The van der Waals surface area contributed by atoms with Crippen LogP contribution >= 0.6 is 0 Å². The van der Waals surface area contributed by atoms with Gasteiger partial charge in [-0.05, 0) is 27.7 Å². The highest BCUT2D eigenvalue weighted by Crippen LogP contribution is 2.13. The Morgan fingerprint density at radius 2 is 2.00 bits per heavy atom. The summed E-state index contributed by atoms with van der Waals surface area (Å²) in [6.07, 6.45) is 0.501. The number of carbonyl (C=O) groups excluding carboxylic acids is 1. The van der Waals surface area contributed by atoms with Gasteiger partial charge in [0, 0.05) is 13.0 Å². The van der Waals surface area contributed by atoms with Crippen LogP contribution in [-0.4, -0.2) is 18.0 Å². The average molecular weight is 144 g/mol. The van der Waals surface area contributed by atoms with Crippen molar-refractivity contribution in [1.82, 2.24) is 0 Å². The zero-order valence-corrected chi connectivity index (χ0v) is 7.23. The lowest BCUT2D eigenvalue weighted by atomic mass is 10.0. The van der Waals surface area contributed by atoms with Crippen LogP contribution in [0, 0.1) is 0 Å². The molecule has 0 aromatic rings. The minimum Gasteiger partial charge on any atom is -0.375 e. The van der Waals surface area contributed by atoms with Crippen molar-refractivity contribution < 1.29 is 9.53 Å². The number of carbonyl (C=O) groups is 1. The predicted molar refractivity (Wildman–Crippen MR) is 41.0 cm³/mol. The van der Waals surface area contributed by atoms with Crippen LogP contribution in [0.2, 0.25) is 0 Å². The van der Waals surface area contributed by atoms with Crippen molar-refractivity contribution >= 4 is 5.78 Å². The standard InChI is InChI=1S/C8H16O2/c1-5-10-8(3,4)6-7(2)9/h5-6H2,1-4H3. The Kier molecular flexibility index (Phi) is 3.58. The molecule has 0 amide bonds. The van der Waals surface area contributed by atoms with Crippen LogP contribution < -0.4 is 0 Å². The molecule has 0 spiro atoms. The van der Waals surface area contributed by atoms with Gasteiger partial charge >= 0.3 is 0 Å². The first kappa shape index (κ1) is 9.63. The molecule has 0 radical (unpaired) electrons. The highest BCUT2D eigenvalue weighted by Gasteiger charge is 2.19. The summed E-state index contributed by atoms with van der Waals surface area (Å²) in [5.74, 6) is 0.179. The molecule has 0 aliphatic rings. The molecule has 0 unspecified atom stereocenters. The molecule has 0 aliphatic heterocycles. The quantitative estimate of drug-likeness (QED) is 0.601. The second-order valence-corrected chi connectivity index (χ2v) is 3.07. The molecular formula is C8H16O2. The number of rotatable bonds is 4. The summed E-state index contributed by atoms with van der Waals surface area (Å²) >= 11 is 0. The van der Waals surface area contributed by atoms with E-state index in [2.05, 4.69) is 0 Å². The molecule has 0 saturated carbocycles. The summed E-state index contributed by atoms with van der Waals surface area (Å²) in [6, 6.07) is 0. The van der Waals surface area contributed by atoms with E-state index in [1.54, 1.807) is 6.92 Å². The molecule has 0 bridgehead atoms. The van der Waals surface area contributed by atoms with Gasteiger partial charge in [0.1, 0.15) is 5.78 Å². The summed E-state index contributed by atoms with van der Waals surface area (Å²) in [5.41, 5.74) is -0.277. The first-order chi connectivity index (χ1) is 4.48. The van der Waals surface area contributed by atoms with Crippen LogP contribution in [0.4, 0.5) is 0 Å². The lowest BCUT2D eigenvalue weighted by Gasteiger charge is -2.22. The molecule has 0 N–H and O–H groups in total. The summed E-state index contributed by atoms with van der Waals surface area (Å²) in [7, 11) is 0. The van der Waals surface area contributed by atoms with Crippen molar-refractivity contribution in [2.24, 2.45) is 0 Å². The van der Waals surface area contributed by atoms with Crippen molar-refractivity contribution in [2.45, 2.75) is 39.7 Å². The van der Waals surface area contributed by atoms with Gasteiger partial charge in [-0.25, -0.2) is 0 Å². The summed E-state index contributed by atoms with van der Waals surface area (Å²) in [5, 5.41) is 0. The van der Waals surface area contributed by atoms with Gasteiger partial charge < -0.3 is 4.74 Å². The third kappa shape index (κ3) is 4.50. The van der Waals surface area contributed by atoms with Crippen LogP contribution in [0.25, 0.3) is 0 Å². The molecule has 10 heavy (non-hydrogen) atoms. The fourth-order valence-corrected chi connectivity index (χ4v) is 1.04. The summed E-state index contributed by atoms with van der Waals surface area (Å²) < 4.78 is 5.32. The third-order valence-electron chi connectivity index (χ3n) is 1.21. The number of hydrogen-bond donors (Lipinski definition) is 0. The maximum absolute atomic E-state index is 10.7. The van der Waals surface area contributed by atoms with E-state index in [4.69, 9.17) is 4.74 Å². The molecule has 0 aromatic carbocycles. The second-order valence-electron chi connectivity index (χ2n) is 3.07. The van der Waals surface area contributed by atoms with Crippen molar-refractivity contribution in [1.29, 1.82) is 0 Å². The van der Waals surface area contributed by atoms with E-state index < -0.39 is 0 Å². The monoisotopic (exact) mass is 144 g/mol. The van der Waals surface area contributed by atoms with Gasteiger partial charge in [0.25, 0.3) is 0 Å². The highest BCUT2D eigenvalue weighted by molar-refractivity contribution is 5.76. The largest absolute Gasteiger partial charge is 0.375 e. The van der Waals surface area contributed by atoms with E-state index in [0.717, 1.165) is 0 Å². The van der Waals surface area contributed by atoms with Gasteiger partial charge in [-0.2, -0.15) is 0 Å². The number of ketones is 1. The van der Waals surface area contributed by atoms with Crippen molar-refractivity contribution in [3.05, 3.63) is 0 Å². The Balaban J connectivity index is 3.74. The number of hydrogen-bond acceptors (Lipinski definition) is 2. The molecule has 0 rings (SSSR count). The predicted octanol–water partition coefficient (Wildman–Crippen LogP) is 1.78. The fraction of sp³-hybridized carbons (Fsp3) is 0.875. The van der Waals surface area contributed by atoms with Crippen LogP contribution in [0.15, 0.2) is 0 Å². The first-order valence-corrected chi connectivity index (χ1v) is 3.61. The zero-order chi connectivity index (χ0) is 8.20. The molecule has 0 fully saturated rings. The average Bonchev–Trinajstić information content (AvgIpc) is 1.59. The van der Waals surface area contributed by atoms with E-state index >= 15 is 0 Å². The Bertz CT molecular complexity index is 116. The van der Waals surface area contributed by atoms with Crippen molar-refractivity contribution in [3.8, 4) is 0 Å². The van der Waals surface area contributed by atoms with Crippen LogP contribution in [0.1, 0.15) is 34.1 Å². The molecule has 0 aliphatic carbocycles. The molecular weight excluding hydrogens is 128 g/mol. The van der Waals surface area contributed by atoms with Crippen molar-refractivity contribution in [3.63, 3.8) is 0 Å². The maximum Gasteiger partial charge on any atom is 0.132 e. The van der Waals surface area contributed by atoms with Gasteiger partial charge in [0.15, 0.2) is 0 Å². The minimum absolute atomic E-state index is 0.179. The van der Waals surface area contributed by atoms with Gasteiger partial charge in [0.2, 0.25) is 0 Å². The minimum atomic E-state index is -0.277. The maximum atomic E-state index is 10.7. The van der Waals surface area contributed by atoms with E-state index in [1.165, 1.54) is 0 Å². The lowest BCUT2D eigenvalue weighted by molar-refractivity contribution is -0.122. The topological polar surface area (TPSA) is 26.3 Å². The molecule has 2 heteroatoms. The Morgan fingerprint density at radius 1 is 1.50 bits per heavy atom. The van der Waals surface area contributed by atoms with Gasteiger partial charge in [0.05, 0.1) is 5.60 Å². The number of Topliss-reactive ketones (excluding diaryl/α,β-unsaturated/α-hetero) is 1. The first-order valence-electron chi connectivity index (χ1n) is 3.61. The van der Waals surface area contributed by atoms with Crippen LogP contribution in [-0.2, 0) is 9.53 Å². The smallest absolute Gasteiger partial charge is 0.132 e. The third-order valence-corrected chi connectivity index (χ3v) is 1.21.